The van der Waals surface area contributed by atoms with E-state index < -0.39 is 77.0 Å². The van der Waals surface area contributed by atoms with Gasteiger partial charge in [-0.15, -0.1) is 0 Å². The van der Waals surface area contributed by atoms with Crippen LogP contribution in [-0.2, 0) is 102 Å². The number of fused-ring (bicyclic) bond motifs is 9. The molecular weight excluding hydrogens is 1830 g/mol. The molecule has 27 nitrogen and oxygen atoms in total. The van der Waals surface area contributed by atoms with E-state index in [1.807, 2.05) is 127 Å². The molecule has 0 radical (unpaired) electrons. The minimum Gasteiger partial charge on any atom is -0.490 e. The predicted octanol–water partition coefficient (Wildman–Crippen LogP) is 18.4. The van der Waals surface area contributed by atoms with Gasteiger partial charge in [-0.05, 0) is 110 Å². The SMILES string of the molecule is CC(COCC(COCC(C)OC(=O)CCC(=O)OCCOc1ccc(C2(c3ccccc3)C=Cc3c(cc(N4CCOCC4)c4ccccc34)O2)cc1)OCC(C)OC(=O)CCC(=O)OCCOc1ccc(C2(c3ccccc3)C=Cc3c(cc(N4CCOCC4)c4ccccc34)O2)cc1)OC(=O)CCC(=O)OCCOc1ccc(C2(c3ccccc3)C=Cc3c(cc(N4CCOCC4)c4ccccc34)O2)cc1. The normalized spacial score (nSPS) is 18.1. The highest BCUT2D eigenvalue weighted by atomic mass is 16.6. The fraction of sp³-hybridized carbons (Fsp3) is 0.333. The number of morpholine rings is 3. The number of anilines is 3. The van der Waals surface area contributed by atoms with Crippen LogP contribution >= 0.6 is 0 Å². The molecule has 6 aliphatic rings. The monoisotopic (exact) mass is 1950 g/mol. The van der Waals surface area contributed by atoms with Crippen LogP contribution in [0.4, 0.5) is 17.1 Å². The molecule has 0 aromatic heterocycles. The fourth-order valence-corrected chi connectivity index (χ4v) is 19.0. The zero-order chi connectivity index (χ0) is 99.0. The Bertz CT molecular complexity index is 6260. The van der Waals surface area contributed by atoms with Crippen LogP contribution in [0.25, 0.3) is 50.5 Å². The van der Waals surface area contributed by atoms with Gasteiger partial charge in [-0.2, -0.15) is 0 Å². The third-order valence-electron chi connectivity index (χ3n) is 26.2. The van der Waals surface area contributed by atoms with E-state index in [4.69, 9.17) is 85.3 Å². The van der Waals surface area contributed by atoms with Crippen LogP contribution in [0, 0.1) is 0 Å². The number of carbonyl (C=O) groups is 6. The lowest BCUT2D eigenvalue weighted by atomic mass is 9.83. The first kappa shape index (κ1) is 99.6. The molecule has 12 aromatic rings. The van der Waals surface area contributed by atoms with Gasteiger partial charge in [0.15, 0.2) is 16.8 Å². The number of benzene rings is 12. The summed E-state index contributed by atoms with van der Waals surface area (Å²) < 4.78 is 108. The third kappa shape index (κ3) is 24.1. The summed E-state index contributed by atoms with van der Waals surface area (Å²) in [6, 6.07) is 85.0. The van der Waals surface area contributed by atoms with Crippen LogP contribution in [0.15, 0.2) is 273 Å². The van der Waals surface area contributed by atoms with Crippen molar-refractivity contribution in [1.82, 2.24) is 0 Å². The van der Waals surface area contributed by atoms with Crippen molar-refractivity contribution in [3.8, 4) is 34.5 Å². The summed E-state index contributed by atoms with van der Waals surface area (Å²) in [5.74, 6) is 0.130. The highest BCUT2D eigenvalue weighted by Gasteiger charge is 2.43. The first-order chi connectivity index (χ1) is 70.5. The molecule has 27 heteroatoms. The topological polar surface area (TPSA) is 278 Å². The quantitative estimate of drug-likeness (QED) is 0.0195. The van der Waals surface area contributed by atoms with Gasteiger partial charge in [0, 0.05) is 141 Å². The summed E-state index contributed by atoms with van der Waals surface area (Å²) in [4.78, 5) is 85.5. The van der Waals surface area contributed by atoms with Crippen LogP contribution in [0.2, 0.25) is 0 Å². The molecule has 3 saturated heterocycles. The Morgan fingerprint density at radius 1 is 0.292 bits per heavy atom. The van der Waals surface area contributed by atoms with E-state index in [1.165, 1.54) is 0 Å². The van der Waals surface area contributed by atoms with Crippen molar-refractivity contribution in [2.45, 2.75) is 101 Å². The number of ether oxygens (including phenoxy) is 18. The van der Waals surface area contributed by atoms with E-state index in [2.05, 4.69) is 179 Å². The summed E-state index contributed by atoms with van der Waals surface area (Å²) >= 11 is 0. The van der Waals surface area contributed by atoms with Gasteiger partial charge >= 0.3 is 35.8 Å². The largest absolute Gasteiger partial charge is 0.490 e. The molecule has 3 fully saturated rings. The molecule has 6 heterocycles. The maximum Gasteiger partial charge on any atom is 0.306 e. The molecule has 0 N–H and O–H groups in total. The second kappa shape index (κ2) is 47.5. The van der Waals surface area contributed by atoms with Crippen LogP contribution in [0.1, 0.15) is 109 Å². The molecule has 0 amide bonds. The zero-order valence-electron chi connectivity index (χ0n) is 81.2. The van der Waals surface area contributed by atoms with Crippen molar-refractivity contribution in [1.29, 1.82) is 0 Å². The van der Waals surface area contributed by atoms with E-state index in [-0.39, 0.29) is 111 Å². The Morgan fingerprint density at radius 2 is 0.549 bits per heavy atom. The van der Waals surface area contributed by atoms with Crippen molar-refractivity contribution in [2.75, 3.05) is 166 Å². The second-order valence-corrected chi connectivity index (χ2v) is 36.2. The molecule has 18 rings (SSSR count). The lowest BCUT2D eigenvalue weighted by Gasteiger charge is -2.38. The third-order valence-corrected chi connectivity index (χ3v) is 26.2. The summed E-state index contributed by atoms with van der Waals surface area (Å²) in [5, 5.41) is 6.77. The molecule has 0 bridgehead atoms. The molecule has 0 saturated carbocycles. The van der Waals surface area contributed by atoms with E-state index >= 15 is 0 Å². The molecule has 6 atom stereocenters. The Morgan fingerprint density at radius 3 is 0.840 bits per heavy atom. The Hall–Kier alpha value is -14.6. The van der Waals surface area contributed by atoms with Gasteiger partial charge in [-0.3, -0.25) is 28.8 Å². The van der Waals surface area contributed by atoms with Gasteiger partial charge in [-0.1, -0.05) is 200 Å². The van der Waals surface area contributed by atoms with Crippen LogP contribution in [0.3, 0.4) is 0 Å². The molecule has 0 aliphatic carbocycles. The van der Waals surface area contributed by atoms with Crippen LogP contribution in [0.5, 0.6) is 34.5 Å². The van der Waals surface area contributed by atoms with Gasteiger partial charge in [0.05, 0.1) is 111 Å². The highest BCUT2D eigenvalue weighted by molar-refractivity contribution is 6.05. The molecule has 6 unspecified atom stereocenters. The van der Waals surface area contributed by atoms with Crippen LogP contribution in [-0.4, -0.2) is 212 Å². The number of hydrogen-bond donors (Lipinski definition) is 0. The second-order valence-electron chi connectivity index (χ2n) is 36.2. The molecule has 0 spiro atoms. The average Bonchev–Trinajstić information content (AvgIpc) is 0.739. The molecule has 144 heavy (non-hydrogen) atoms. The standard InChI is InChI=1S/C117H119N3O24/c1-81(139-112(124)46-43-109(121)135-70-67-132-90-37-31-87(32-38-90)115(84-19-7-4-8-20-84)52-49-100-94-25-13-16-28-97(94)103(73-106(100)142-115)118-55-61-127-62-56-118)76-130-79-93(138-78-83(3)141-114(126)48-45-111(123)137-72-69-134-92-41-35-89(36-42-92)117(86-23-11-6-12-24-86)54-51-102-96-27-15-18-30-99(96)105(75-108(102)144-117)120-59-65-129-66-60-120)80-131-77-82(2)140-113(125)47-44-110(122)136-71-68-133-91-39-33-88(34-40-91)116(85-21-9-5-10-22-85)53-50-101-95-26-14-17-29-98(95)104(74-107(101)143-116)119-57-63-128-64-58-119/h4-42,49-54,73-75,81-83,93H,43-48,55-72,76-80H2,1-3H3. The van der Waals surface area contributed by atoms with E-state index in [0.29, 0.717) is 56.9 Å². The number of nitrogens with zero attached hydrogens (tertiary/aromatic N) is 3. The Labute approximate surface area is 837 Å². The molecule has 6 aliphatic heterocycles. The summed E-state index contributed by atoms with van der Waals surface area (Å²) in [5.41, 5.74) is 8.93. The van der Waals surface area contributed by atoms with Gasteiger partial charge in [0.2, 0.25) is 0 Å². The van der Waals surface area contributed by atoms with Gasteiger partial charge in [0.1, 0.15) is 98.6 Å². The van der Waals surface area contributed by atoms with Gasteiger partial charge < -0.3 is 100.0 Å². The van der Waals surface area contributed by atoms with Gasteiger partial charge in [0.25, 0.3) is 0 Å². The maximum absolute atomic E-state index is 13.2. The van der Waals surface area contributed by atoms with E-state index in [9.17, 15) is 28.8 Å². The van der Waals surface area contributed by atoms with Crippen molar-refractivity contribution in [3.63, 3.8) is 0 Å². The van der Waals surface area contributed by atoms with Crippen molar-refractivity contribution in [2.24, 2.45) is 0 Å². The first-order valence-electron chi connectivity index (χ1n) is 49.5. The lowest BCUT2D eigenvalue weighted by molar-refractivity contribution is -0.161. The minimum atomic E-state index is -0.967. The Balaban J connectivity index is 0.433. The lowest BCUT2D eigenvalue weighted by Crippen LogP contribution is -2.37. The van der Waals surface area contributed by atoms with E-state index in [0.717, 1.165) is 156 Å². The molecule has 12 aromatic carbocycles. The number of rotatable bonds is 44. The molecule has 746 valence electrons. The van der Waals surface area contributed by atoms with Crippen LogP contribution < -0.4 is 43.1 Å². The fourth-order valence-electron chi connectivity index (χ4n) is 19.0. The average molecular weight is 1950 g/mol. The highest BCUT2D eigenvalue weighted by Crippen LogP contribution is 2.52. The Kier molecular flexibility index (Phi) is 32.9. The zero-order valence-corrected chi connectivity index (χ0v) is 81.2. The summed E-state index contributed by atoms with van der Waals surface area (Å²) in [6.07, 6.45) is 8.07. The number of hydrogen-bond acceptors (Lipinski definition) is 27. The first-order valence-corrected chi connectivity index (χ1v) is 49.5. The number of esters is 6. The van der Waals surface area contributed by atoms with Crippen molar-refractivity contribution < 1.29 is 114 Å². The van der Waals surface area contributed by atoms with Crippen molar-refractivity contribution in [3.05, 3.63) is 323 Å². The smallest absolute Gasteiger partial charge is 0.306 e. The van der Waals surface area contributed by atoms with Crippen molar-refractivity contribution >= 4 is 103 Å². The van der Waals surface area contributed by atoms with E-state index in [1.54, 1.807) is 20.8 Å². The maximum atomic E-state index is 13.2. The minimum absolute atomic E-state index is 0.0447. The number of carbonyl (C=O) groups excluding carboxylic acids is 6. The summed E-state index contributed by atoms with van der Waals surface area (Å²) in [6.45, 7) is 12.9. The van der Waals surface area contributed by atoms with Gasteiger partial charge in [-0.25, -0.2) is 0 Å². The summed E-state index contributed by atoms with van der Waals surface area (Å²) in [7, 11) is 0. The molecular formula is C117H119N3O24. The predicted molar refractivity (Wildman–Crippen MR) is 546 cm³/mol.